The largest absolute Gasteiger partial charge is 0.481 e. The third-order valence-electron chi connectivity index (χ3n) is 3.65. The number of methoxy groups -OCH3 is 2. The molecule has 0 unspecified atom stereocenters. The van der Waals surface area contributed by atoms with Gasteiger partial charge in [0.25, 0.3) is 0 Å². The second kappa shape index (κ2) is 7.74. The average molecular weight is 307 g/mol. The van der Waals surface area contributed by atoms with Gasteiger partial charge in [-0.05, 0) is 6.07 Å². The van der Waals surface area contributed by atoms with Gasteiger partial charge in [-0.3, -0.25) is 9.59 Å². The van der Waals surface area contributed by atoms with Gasteiger partial charge in [0.15, 0.2) is 0 Å². The molecule has 0 spiro atoms. The lowest BCUT2D eigenvalue weighted by Crippen LogP contribution is -2.33. The summed E-state index contributed by atoms with van der Waals surface area (Å²) in [5.41, 5.74) is 0.805. The van der Waals surface area contributed by atoms with E-state index in [4.69, 9.17) is 9.47 Å². The van der Waals surface area contributed by atoms with Crippen molar-refractivity contribution in [1.29, 1.82) is 0 Å². The van der Waals surface area contributed by atoms with Gasteiger partial charge in [0.2, 0.25) is 17.7 Å². The first-order valence-electron chi connectivity index (χ1n) is 7.18. The van der Waals surface area contributed by atoms with Crippen molar-refractivity contribution in [2.75, 3.05) is 33.9 Å². The van der Waals surface area contributed by atoms with Crippen molar-refractivity contribution in [3.8, 4) is 5.88 Å². The van der Waals surface area contributed by atoms with Gasteiger partial charge in [-0.15, -0.1) is 0 Å². The fourth-order valence-electron chi connectivity index (χ4n) is 2.43. The summed E-state index contributed by atoms with van der Waals surface area (Å²) in [6.07, 6.45) is 1.88. The molecule has 1 atom stereocenters. The lowest BCUT2D eigenvalue weighted by molar-refractivity contribution is -0.129. The monoisotopic (exact) mass is 307 g/mol. The average Bonchev–Trinajstić information content (AvgIpc) is 2.92. The molecule has 0 bridgehead atoms. The van der Waals surface area contributed by atoms with Gasteiger partial charge in [-0.1, -0.05) is 6.07 Å². The van der Waals surface area contributed by atoms with Crippen molar-refractivity contribution < 1.29 is 19.1 Å². The number of nitrogens with one attached hydrogen (secondary N) is 1. The third kappa shape index (κ3) is 3.94. The first kappa shape index (κ1) is 16.2. The van der Waals surface area contributed by atoms with E-state index in [0.717, 1.165) is 5.56 Å². The van der Waals surface area contributed by atoms with Crippen LogP contribution in [-0.2, 0) is 20.9 Å². The number of carbonyl (C=O) groups excluding carboxylic acids is 2. The van der Waals surface area contributed by atoms with Crippen LogP contribution in [0.1, 0.15) is 12.0 Å². The number of hydrogen-bond acceptors (Lipinski definition) is 5. The highest BCUT2D eigenvalue weighted by Crippen LogP contribution is 2.18. The molecule has 1 N–H and O–H groups in total. The van der Waals surface area contributed by atoms with E-state index in [0.29, 0.717) is 32.1 Å². The number of nitrogens with zero attached hydrogens (tertiary/aromatic N) is 2. The van der Waals surface area contributed by atoms with Crippen LogP contribution >= 0.6 is 0 Å². The van der Waals surface area contributed by atoms with Gasteiger partial charge in [0, 0.05) is 44.9 Å². The highest BCUT2D eigenvalue weighted by atomic mass is 16.5. The predicted octanol–water partition coefficient (Wildman–Crippen LogP) is 0.201. The minimum absolute atomic E-state index is 0.00356. The second-order valence-electron chi connectivity index (χ2n) is 5.12. The molecule has 2 rings (SSSR count). The van der Waals surface area contributed by atoms with Crippen LogP contribution < -0.4 is 10.1 Å². The molecular weight excluding hydrogens is 286 g/mol. The summed E-state index contributed by atoms with van der Waals surface area (Å²) in [6.45, 7) is 1.78. The summed E-state index contributed by atoms with van der Waals surface area (Å²) in [6, 6.07) is 3.63. The van der Waals surface area contributed by atoms with Gasteiger partial charge in [-0.2, -0.15) is 0 Å². The summed E-state index contributed by atoms with van der Waals surface area (Å²) in [5, 5.41) is 2.84. The summed E-state index contributed by atoms with van der Waals surface area (Å²) in [5.74, 6) is 0.0503. The molecule has 2 heterocycles. The van der Waals surface area contributed by atoms with E-state index in [1.165, 1.54) is 7.11 Å². The molecule has 0 aliphatic carbocycles. The Labute approximate surface area is 129 Å². The molecular formula is C15H21N3O4. The minimum Gasteiger partial charge on any atom is -0.481 e. The number of rotatable bonds is 7. The molecule has 7 heteroatoms. The van der Waals surface area contributed by atoms with Crippen molar-refractivity contribution in [3.63, 3.8) is 0 Å². The first-order chi connectivity index (χ1) is 10.7. The molecule has 1 aromatic rings. The smallest absolute Gasteiger partial charge is 0.225 e. The van der Waals surface area contributed by atoms with Crippen molar-refractivity contribution in [2.24, 2.45) is 5.92 Å². The first-order valence-corrected chi connectivity index (χ1v) is 7.18. The Bertz CT molecular complexity index is 535. The van der Waals surface area contributed by atoms with Crippen LogP contribution in [0.15, 0.2) is 18.3 Å². The molecule has 0 saturated carbocycles. The summed E-state index contributed by atoms with van der Waals surface area (Å²) < 4.78 is 10.1. The standard InChI is InChI=1S/C15H21N3O4/c1-21-7-6-18-10-12(8-13(18)19)14(20)17-9-11-4-3-5-16-15(11)22-2/h3-5,12H,6-10H2,1-2H3,(H,17,20)/t12-/m0/s1. The summed E-state index contributed by atoms with van der Waals surface area (Å²) in [7, 11) is 3.13. The zero-order chi connectivity index (χ0) is 15.9. The van der Waals surface area contributed by atoms with Gasteiger partial charge < -0.3 is 19.7 Å². The highest BCUT2D eigenvalue weighted by Gasteiger charge is 2.33. The molecule has 120 valence electrons. The van der Waals surface area contributed by atoms with E-state index in [1.54, 1.807) is 24.3 Å². The van der Waals surface area contributed by atoms with E-state index < -0.39 is 0 Å². The Morgan fingerprint density at radius 2 is 2.32 bits per heavy atom. The third-order valence-corrected chi connectivity index (χ3v) is 3.65. The molecule has 0 aromatic carbocycles. The Morgan fingerprint density at radius 3 is 3.05 bits per heavy atom. The number of carbonyl (C=O) groups is 2. The van der Waals surface area contributed by atoms with Gasteiger partial charge in [0.05, 0.1) is 19.6 Å². The van der Waals surface area contributed by atoms with E-state index in [9.17, 15) is 9.59 Å². The van der Waals surface area contributed by atoms with Gasteiger partial charge in [0.1, 0.15) is 0 Å². The molecule has 2 amide bonds. The summed E-state index contributed by atoms with van der Waals surface area (Å²) in [4.78, 5) is 29.8. The number of amides is 2. The van der Waals surface area contributed by atoms with Crippen LogP contribution in [-0.4, -0.2) is 55.6 Å². The Balaban J connectivity index is 1.86. The highest BCUT2D eigenvalue weighted by molar-refractivity contribution is 5.89. The number of ether oxygens (including phenoxy) is 2. The normalized spacial score (nSPS) is 17.6. The molecule has 1 aliphatic rings. The Hall–Kier alpha value is -2.15. The molecule has 1 aliphatic heterocycles. The van der Waals surface area contributed by atoms with Crippen LogP contribution in [0.2, 0.25) is 0 Å². The summed E-state index contributed by atoms with van der Waals surface area (Å²) >= 11 is 0. The molecule has 0 radical (unpaired) electrons. The topological polar surface area (TPSA) is 80.8 Å². The fraction of sp³-hybridized carbons (Fsp3) is 0.533. The number of pyridine rings is 1. The Kier molecular flexibility index (Phi) is 5.71. The lowest BCUT2D eigenvalue weighted by atomic mass is 10.1. The molecule has 22 heavy (non-hydrogen) atoms. The number of likely N-dealkylation sites (tertiary alicyclic amines) is 1. The lowest BCUT2D eigenvalue weighted by Gasteiger charge is -2.16. The van der Waals surface area contributed by atoms with Crippen LogP contribution in [0.3, 0.4) is 0 Å². The molecule has 1 saturated heterocycles. The van der Waals surface area contributed by atoms with Gasteiger partial charge >= 0.3 is 0 Å². The maximum Gasteiger partial charge on any atom is 0.225 e. The molecule has 1 aromatic heterocycles. The SMILES string of the molecule is COCCN1C[C@@H](C(=O)NCc2cccnc2OC)CC1=O. The number of hydrogen-bond donors (Lipinski definition) is 1. The second-order valence-corrected chi connectivity index (χ2v) is 5.12. The van der Waals surface area contributed by atoms with E-state index in [1.807, 2.05) is 6.07 Å². The van der Waals surface area contributed by atoms with E-state index in [-0.39, 0.29) is 24.2 Å². The predicted molar refractivity (Wildman–Crippen MR) is 79.2 cm³/mol. The zero-order valence-corrected chi connectivity index (χ0v) is 12.9. The fourth-order valence-corrected chi connectivity index (χ4v) is 2.43. The minimum atomic E-state index is -0.313. The van der Waals surface area contributed by atoms with Crippen molar-refractivity contribution in [2.45, 2.75) is 13.0 Å². The van der Waals surface area contributed by atoms with Crippen molar-refractivity contribution in [3.05, 3.63) is 23.9 Å². The van der Waals surface area contributed by atoms with Crippen LogP contribution in [0.5, 0.6) is 5.88 Å². The van der Waals surface area contributed by atoms with Crippen LogP contribution in [0, 0.1) is 5.92 Å². The van der Waals surface area contributed by atoms with Crippen LogP contribution in [0.4, 0.5) is 0 Å². The Morgan fingerprint density at radius 1 is 1.50 bits per heavy atom. The quantitative estimate of drug-likeness (QED) is 0.778. The maximum absolute atomic E-state index is 12.2. The van der Waals surface area contributed by atoms with Crippen molar-refractivity contribution >= 4 is 11.8 Å². The molecule has 1 fully saturated rings. The van der Waals surface area contributed by atoms with Crippen molar-refractivity contribution in [1.82, 2.24) is 15.2 Å². The van der Waals surface area contributed by atoms with Gasteiger partial charge in [-0.25, -0.2) is 4.98 Å². The van der Waals surface area contributed by atoms with E-state index >= 15 is 0 Å². The zero-order valence-electron chi connectivity index (χ0n) is 12.9. The van der Waals surface area contributed by atoms with E-state index in [2.05, 4.69) is 10.3 Å². The van der Waals surface area contributed by atoms with Crippen LogP contribution in [0.25, 0.3) is 0 Å². The number of aromatic nitrogens is 1. The molecule has 7 nitrogen and oxygen atoms in total. The maximum atomic E-state index is 12.2.